The summed E-state index contributed by atoms with van der Waals surface area (Å²) in [5.74, 6) is 0.133. The number of fused-ring (bicyclic) bond motifs is 1. The van der Waals surface area contributed by atoms with E-state index >= 15 is 0 Å². The van der Waals surface area contributed by atoms with E-state index in [1.807, 2.05) is 13.8 Å². The standard InChI is InChI=1S/C22H21FN4O2S/c1-4-29-19-7-14(5-6-17(19)20-8-16(23)12-30-20)22(28)27(3)11-15-9-24-13(2)18-10-25-26-21(15)18/h5-10,12H,4,11H2,1-3H3,(H,25,26). The van der Waals surface area contributed by atoms with E-state index in [2.05, 4.69) is 15.2 Å². The van der Waals surface area contributed by atoms with Crippen LogP contribution in [0.2, 0.25) is 0 Å². The Morgan fingerprint density at radius 2 is 2.13 bits per heavy atom. The first-order valence-electron chi connectivity index (χ1n) is 9.52. The van der Waals surface area contributed by atoms with Crippen LogP contribution in [0.4, 0.5) is 4.39 Å². The van der Waals surface area contributed by atoms with Crippen LogP contribution in [0.1, 0.15) is 28.5 Å². The van der Waals surface area contributed by atoms with Crippen LogP contribution < -0.4 is 4.74 Å². The lowest BCUT2D eigenvalue weighted by Gasteiger charge is -2.19. The van der Waals surface area contributed by atoms with Gasteiger partial charge in [0.1, 0.15) is 11.6 Å². The molecule has 30 heavy (non-hydrogen) atoms. The fourth-order valence-electron chi connectivity index (χ4n) is 3.37. The molecule has 1 amide bonds. The Morgan fingerprint density at radius 1 is 1.30 bits per heavy atom. The second-order valence-corrected chi connectivity index (χ2v) is 7.87. The molecule has 0 bridgehead atoms. The predicted molar refractivity (Wildman–Crippen MR) is 115 cm³/mol. The second kappa shape index (κ2) is 8.23. The topological polar surface area (TPSA) is 71.1 Å². The number of aryl methyl sites for hydroxylation is 1. The number of hydrogen-bond donors (Lipinski definition) is 1. The van der Waals surface area contributed by atoms with Gasteiger partial charge in [-0.1, -0.05) is 0 Å². The van der Waals surface area contributed by atoms with Crippen molar-refractivity contribution in [1.82, 2.24) is 20.1 Å². The number of pyridine rings is 1. The molecule has 1 aromatic carbocycles. The van der Waals surface area contributed by atoms with E-state index in [9.17, 15) is 9.18 Å². The van der Waals surface area contributed by atoms with Gasteiger partial charge in [0, 0.05) is 57.8 Å². The van der Waals surface area contributed by atoms with Crippen molar-refractivity contribution in [2.75, 3.05) is 13.7 Å². The molecule has 8 heteroatoms. The molecule has 4 aromatic rings. The molecule has 0 aliphatic heterocycles. The Labute approximate surface area is 177 Å². The summed E-state index contributed by atoms with van der Waals surface area (Å²) in [6.07, 6.45) is 3.50. The highest BCUT2D eigenvalue weighted by Gasteiger charge is 2.18. The molecule has 0 saturated carbocycles. The van der Waals surface area contributed by atoms with Crippen LogP contribution in [0.5, 0.6) is 5.75 Å². The Bertz CT molecular complexity index is 1220. The molecule has 6 nitrogen and oxygen atoms in total. The van der Waals surface area contributed by atoms with Crippen molar-refractivity contribution in [3.05, 3.63) is 64.7 Å². The van der Waals surface area contributed by atoms with Crippen molar-refractivity contribution < 1.29 is 13.9 Å². The number of aromatic amines is 1. The molecule has 4 rings (SSSR count). The van der Waals surface area contributed by atoms with Crippen LogP contribution in [0.15, 0.2) is 42.0 Å². The monoisotopic (exact) mass is 424 g/mol. The van der Waals surface area contributed by atoms with Gasteiger partial charge in [-0.25, -0.2) is 4.39 Å². The van der Waals surface area contributed by atoms with Gasteiger partial charge in [-0.15, -0.1) is 11.3 Å². The van der Waals surface area contributed by atoms with Crippen LogP contribution in [-0.2, 0) is 6.54 Å². The minimum absolute atomic E-state index is 0.145. The molecule has 0 aliphatic rings. The summed E-state index contributed by atoms with van der Waals surface area (Å²) in [6, 6.07) is 6.73. The molecule has 154 valence electrons. The normalized spacial score (nSPS) is 11.1. The number of benzene rings is 1. The van der Waals surface area contributed by atoms with E-state index in [-0.39, 0.29) is 11.7 Å². The highest BCUT2D eigenvalue weighted by Crippen LogP contribution is 2.35. The fourth-order valence-corrected chi connectivity index (χ4v) is 4.15. The van der Waals surface area contributed by atoms with Gasteiger partial charge < -0.3 is 9.64 Å². The number of rotatable bonds is 6. The minimum atomic E-state index is -0.283. The zero-order chi connectivity index (χ0) is 21.3. The number of amides is 1. The van der Waals surface area contributed by atoms with Crippen molar-refractivity contribution in [2.45, 2.75) is 20.4 Å². The van der Waals surface area contributed by atoms with E-state index < -0.39 is 0 Å². The number of nitrogens with one attached hydrogen (secondary N) is 1. The van der Waals surface area contributed by atoms with Gasteiger partial charge in [0.15, 0.2) is 0 Å². The summed E-state index contributed by atoms with van der Waals surface area (Å²) in [5.41, 5.74) is 3.93. The minimum Gasteiger partial charge on any atom is -0.493 e. The first-order valence-corrected chi connectivity index (χ1v) is 10.4. The van der Waals surface area contributed by atoms with Crippen molar-refractivity contribution in [2.24, 2.45) is 0 Å². The molecule has 0 unspecified atom stereocenters. The van der Waals surface area contributed by atoms with Crippen LogP contribution in [0, 0.1) is 12.7 Å². The first kappa shape index (κ1) is 20.0. The first-order chi connectivity index (χ1) is 14.5. The largest absolute Gasteiger partial charge is 0.493 e. The maximum Gasteiger partial charge on any atom is 0.254 e. The molecule has 3 heterocycles. The molecule has 1 N–H and O–H groups in total. The highest BCUT2D eigenvalue weighted by molar-refractivity contribution is 7.13. The molecule has 0 radical (unpaired) electrons. The third-order valence-electron chi connectivity index (χ3n) is 4.88. The van der Waals surface area contributed by atoms with E-state index in [1.165, 1.54) is 22.8 Å². The molecule has 0 spiro atoms. The molecule has 0 atom stereocenters. The van der Waals surface area contributed by atoms with Gasteiger partial charge in [-0.3, -0.25) is 14.9 Å². The molecular formula is C22H21FN4O2S. The maximum absolute atomic E-state index is 13.5. The van der Waals surface area contributed by atoms with Gasteiger partial charge in [-0.2, -0.15) is 5.10 Å². The number of H-pyrrole nitrogens is 1. The van der Waals surface area contributed by atoms with Crippen LogP contribution in [0.25, 0.3) is 21.3 Å². The number of thiophene rings is 1. The van der Waals surface area contributed by atoms with Crippen molar-refractivity contribution in [3.8, 4) is 16.2 Å². The Kier molecular flexibility index (Phi) is 5.50. The van der Waals surface area contributed by atoms with Crippen LogP contribution in [0.3, 0.4) is 0 Å². The molecular weight excluding hydrogens is 403 g/mol. The molecule has 0 fully saturated rings. The van der Waals surface area contributed by atoms with E-state index in [0.717, 1.165) is 32.6 Å². The van der Waals surface area contributed by atoms with Crippen molar-refractivity contribution >= 4 is 28.1 Å². The number of hydrogen-bond acceptors (Lipinski definition) is 5. The summed E-state index contributed by atoms with van der Waals surface area (Å²) < 4.78 is 19.2. The van der Waals surface area contributed by atoms with Gasteiger partial charge in [0.25, 0.3) is 5.91 Å². The van der Waals surface area contributed by atoms with Gasteiger partial charge in [-0.05, 0) is 38.1 Å². The number of halogens is 1. The van der Waals surface area contributed by atoms with E-state index in [4.69, 9.17) is 4.74 Å². The van der Waals surface area contributed by atoms with Crippen LogP contribution >= 0.6 is 11.3 Å². The van der Waals surface area contributed by atoms with E-state index in [1.54, 1.807) is 42.5 Å². The lowest BCUT2D eigenvalue weighted by molar-refractivity contribution is 0.0785. The summed E-state index contributed by atoms with van der Waals surface area (Å²) in [4.78, 5) is 19.9. The van der Waals surface area contributed by atoms with Gasteiger partial charge >= 0.3 is 0 Å². The maximum atomic E-state index is 13.5. The quantitative estimate of drug-likeness (QED) is 0.482. The molecule has 0 saturated heterocycles. The Morgan fingerprint density at radius 3 is 2.87 bits per heavy atom. The number of nitrogens with zero attached hydrogens (tertiary/aromatic N) is 3. The van der Waals surface area contributed by atoms with Gasteiger partial charge in [0.05, 0.1) is 18.3 Å². The smallest absolute Gasteiger partial charge is 0.254 e. The molecule has 0 aliphatic carbocycles. The highest BCUT2D eigenvalue weighted by atomic mass is 32.1. The summed E-state index contributed by atoms with van der Waals surface area (Å²) >= 11 is 1.30. The summed E-state index contributed by atoms with van der Waals surface area (Å²) in [5, 5.41) is 9.48. The zero-order valence-electron chi connectivity index (χ0n) is 16.9. The van der Waals surface area contributed by atoms with Gasteiger partial charge in [0.2, 0.25) is 0 Å². The van der Waals surface area contributed by atoms with E-state index in [0.29, 0.717) is 24.5 Å². The number of ether oxygens (including phenoxy) is 1. The van der Waals surface area contributed by atoms with Crippen molar-refractivity contribution in [1.29, 1.82) is 0 Å². The number of carbonyl (C=O) groups excluding carboxylic acids is 1. The lowest BCUT2D eigenvalue weighted by atomic mass is 10.1. The van der Waals surface area contributed by atoms with Crippen molar-refractivity contribution in [3.63, 3.8) is 0 Å². The van der Waals surface area contributed by atoms with Crippen LogP contribution in [-0.4, -0.2) is 39.6 Å². The number of carbonyl (C=O) groups is 1. The molecule has 3 aromatic heterocycles. The Balaban J connectivity index is 1.61. The average molecular weight is 425 g/mol. The Hall–Kier alpha value is -3.26. The fraction of sp³-hybridized carbons (Fsp3) is 0.227. The third-order valence-corrected chi connectivity index (χ3v) is 5.81. The SMILES string of the molecule is CCOc1cc(C(=O)N(C)Cc2cnc(C)c3cn[nH]c23)ccc1-c1cc(F)cs1. The average Bonchev–Trinajstić information content (AvgIpc) is 3.39. The third kappa shape index (κ3) is 3.78. The lowest BCUT2D eigenvalue weighted by Crippen LogP contribution is -2.26. The zero-order valence-corrected chi connectivity index (χ0v) is 17.7. The second-order valence-electron chi connectivity index (χ2n) is 6.96. The summed E-state index contributed by atoms with van der Waals surface area (Å²) in [7, 11) is 1.74. The predicted octanol–water partition coefficient (Wildman–Crippen LogP) is 4.80. The number of aromatic nitrogens is 3. The summed E-state index contributed by atoms with van der Waals surface area (Å²) in [6.45, 7) is 4.63.